The molecule has 1 aromatic rings. The van der Waals surface area contributed by atoms with Gasteiger partial charge in [0.05, 0.1) is 6.10 Å². The molecule has 1 aliphatic rings. The molecule has 3 heteroatoms. The van der Waals surface area contributed by atoms with Gasteiger partial charge in [0.2, 0.25) is 0 Å². The number of thiophene rings is 1. The van der Waals surface area contributed by atoms with Crippen LogP contribution in [0.3, 0.4) is 0 Å². The predicted molar refractivity (Wildman–Crippen MR) is 68.9 cm³/mol. The lowest BCUT2D eigenvalue weighted by Crippen LogP contribution is -2.39. The first kappa shape index (κ1) is 12.1. The lowest BCUT2D eigenvalue weighted by molar-refractivity contribution is 0.0112. The molecule has 3 atom stereocenters. The zero-order chi connectivity index (χ0) is 11.4. The maximum absolute atomic E-state index is 5.58. The third-order valence-corrected chi connectivity index (χ3v) is 4.20. The normalized spacial score (nSPS) is 27.9. The van der Waals surface area contributed by atoms with Crippen LogP contribution in [0.1, 0.15) is 44.0 Å². The second-order valence-electron chi connectivity index (χ2n) is 4.55. The fourth-order valence-corrected chi connectivity index (χ4v) is 3.20. The van der Waals surface area contributed by atoms with Gasteiger partial charge >= 0.3 is 0 Å². The van der Waals surface area contributed by atoms with Gasteiger partial charge in [0.1, 0.15) is 0 Å². The van der Waals surface area contributed by atoms with Crippen LogP contribution in [0.2, 0.25) is 0 Å². The number of rotatable bonds is 4. The first-order valence-corrected chi connectivity index (χ1v) is 7.08. The highest BCUT2D eigenvalue weighted by Gasteiger charge is 2.22. The molecule has 0 amide bonds. The Morgan fingerprint density at radius 3 is 3.12 bits per heavy atom. The molecule has 2 rings (SSSR count). The fraction of sp³-hybridized carbons (Fsp3) is 0.692. The average molecular weight is 239 g/mol. The predicted octanol–water partition coefficient (Wildman–Crippen LogP) is 3.36. The average Bonchev–Trinajstić information content (AvgIpc) is 2.79. The number of nitrogens with one attached hydrogen (secondary N) is 1. The molecule has 2 heterocycles. The number of hydrogen-bond donors (Lipinski definition) is 1. The highest BCUT2D eigenvalue weighted by Crippen LogP contribution is 2.24. The van der Waals surface area contributed by atoms with Gasteiger partial charge in [-0.15, -0.1) is 11.3 Å². The van der Waals surface area contributed by atoms with Crippen LogP contribution in [0.15, 0.2) is 17.5 Å². The van der Waals surface area contributed by atoms with Crippen LogP contribution in [-0.2, 0) is 4.74 Å². The summed E-state index contributed by atoms with van der Waals surface area (Å²) in [7, 11) is 0. The van der Waals surface area contributed by atoms with Crippen molar-refractivity contribution in [3.8, 4) is 0 Å². The minimum atomic E-state index is 0.409. The molecule has 1 aromatic heterocycles. The molecule has 16 heavy (non-hydrogen) atoms. The molecule has 1 aliphatic heterocycles. The van der Waals surface area contributed by atoms with Gasteiger partial charge in [0.15, 0.2) is 0 Å². The molecule has 1 saturated heterocycles. The van der Waals surface area contributed by atoms with Gasteiger partial charge in [0.25, 0.3) is 0 Å². The Bertz CT molecular complexity index is 299. The quantitative estimate of drug-likeness (QED) is 0.870. The van der Waals surface area contributed by atoms with E-state index < -0.39 is 0 Å². The molecule has 0 saturated carbocycles. The summed E-state index contributed by atoms with van der Waals surface area (Å²) in [5, 5.41) is 5.93. The summed E-state index contributed by atoms with van der Waals surface area (Å²) < 4.78 is 5.58. The van der Waals surface area contributed by atoms with Crippen LogP contribution in [0.4, 0.5) is 0 Å². The van der Waals surface area contributed by atoms with E-state index in [0.717, 1.165) is 25.9 Å². The summed E-state index contributed by atoms with van der Waals surface area (Å²) in [6.45, 7) is 5.32. The Morgan fingerprint density at radius 1 is 1.62 bits per heavy atom. The van der Waals surface area contributed by atoms with E-state index in [1.165, 1.54) is 4.88 Å². The van der Waals surface area contributed by atoms with Gasteiger partial charge in [-0.3, -0.25) is 0 Å². The maximum atomic E-state index is 5.58. The standard InChI is InChI=1S/C13H21NOS/c1-3-12(13-5-4-8-16-13)14-11-6-7-15-10(2)9-11/h4-5,8,10-12,14H,3,6-7,9H2,1-2H3. The first-order valence-electron chi connectivity index (χ1n) is 6.20. The lowest BCUT2D eigenvalue weighted by atomic mass is 10.0. The molecular formula is C13H21NOS. The lowest BCUT2D eigenvalue weighted by Gasteiger charge is -2.31. The van der Waals surface area contributed by atoms with Gasteiger partial charge in [-0.25, -0.2) is 0 Å². The Morgan fingerprint density at radius 2 is 2.50 bits per heavy atom. The Labute approximate surface area is 102 Å². The third kappa shape index (κ3) is 3.06. The summed E-state index contributed by atoms with van der Waals surface area (Å²) in [5.74, 6) is 0. The Hall–Kier alpha value is -0.380. The van der Waals surface area contributed by atoms with Gasteiger partial charge in [-0.05, 0) is 37.6 Å². The highest BCUT2D eigenvalue weighted by atomic mass is 32.1. The SMILES string of the molecule is CCC(NC1CCOC(C)C1)c1cccs1. The summed E-state index contributed by atoms with van der Waals surface area (Å²) in [4.78, 5) is 1.46. The van der Waals surface area contributed by atoms with Crippen molar-refractivity contribution >= 4 is 11.3 Å². The molecule has 0 radical (unpaired) electrons. The van der Waals surface area contributed by atoms with E-state index >= 15 is 0 Å². The molecular weight excluding hydrogens is 218 g/mol. The molecule has 90 valence electrons. The maximum Gasteiger partial charge on any atom is 0.0561 e. The van der Waals surface area contributed by atoms with E-state index in [-0.39, 0.29) is 0 Å². The van der Waals surface area contributed by atoms with Gasteiger partial charge in [0, 0.05) is 23.6 Å². The van der Waals surface area contributed by atoms with Crippen LogP contribution >= 0.6 is 11.3 Å². The van der Waals surface area contributed by atoms with Gasteiger partial charge < -0.3 is 10.1 Å². The molecule has 0 spiro atoms. The van der Waals surface area contributed by atoms with E-state index in [2.05, 4.69) is 36.7 Å². The molecule has 1 N–H and O–H groups in total. The second kappa shape index (κ2) is 5.80. The van der Waals surface area contributed by atoms with E-state index in [1.54, 1.807) is 0 Å². The number of hydrogen-bond acceptors (Lipinski definition) is 3. The monoisotopic (exact) mass is 239 g/mol. The van der Waals surface area contributed by atoms with Crippen molar-refractivity contribution < 1.29 is 4.74 Å². The van der Waals surface area contributed by atoms with Gasteiger partial charge in [-0.2, -0.15) is 0 Å². The number of ether oxygens (including phenoxy) is 1. The first-order chi connectivity index (χ1) is 7.79. The van der Waals surface area contributed by atoms with Crippen molar-refractivity contribution in [3.05, 3.63) is 22.4 Å². The van der Waals surface area contributed by atoms with Crippen molar-refractivity contribution in [2.75, 3.05) is 6.61 Å². The molecule has 0 aliphatic carbocycles. The van der Waals surface area contributed by atoms with E-state index in [0.29, 0.717) is 18.2 Å². The fourth-order valence-electron chi connectivity index (χ4n) is 2.32. The molecule has 0 bridgehead atoms. The zero-order valence-electron chi connectivity index (χ0n) is 10.1. The van der Waals surface area contributed by atoms with Crippen molar-refractivity contribution in [2.24, 2.45) is 0 Å². The van der Waals surface area contributed by atoms with Crippen LogP contribution in [0.25, 0.3) is 0 Å². The van der Waals surface area contributed by atoms with Crippen molar-refractivity contribution in [1.82, 2.24) is 5.32 Å². The third-order valence-electron chi connectivity index (χ3n) is 3.22. The largest absolute Gasteiger partial charge is 0.378 e. The van der Waals surface area contributed by atoms with Crippen LogP contribution in [-0.4, -0.2) is 18.8 Å². The summed E-state index contributed by atoms with van der Waals surface area (Å²) >= 11 is 1.85. The molecule has 1 fully saturated rings. The van der Waals surface area contributed by atoms with E-state index in [9.17, 15) is 0 Å². The van der Waals surface area contributed by atoms with Crippen molar-refractivity contribution in [3.63, 3.8) is 0 Å². The van der Waals surface area contributed by atoms with Crippen molar-refractivity contribution in [1.29, 1.82) is 0 Å². The highest BCUT2D eigenvalue weighted by molar-refractivity contribution is 7.10. The minimum Gasteiger partial charge on any atom is -0.378 e. The molecule has 0 aromatic carbocycles. The van der Waals surface area contributed by atoms with Gasteiger partial charge in [-0.1, -0.05) is 13.0 Å². The van der Waals surface area contributed by atoms with E-state index in [1.807, 2.05) is 11.3 Å². The van der Waals surface area contributed by atoms with Crippen LogP contribution < -0.4 is 5.32 Å². The Balaban J connectivity index is 1.91. The van der Waals surface area contributed by atoms with Crippen molar-refractivity contribution in [2.45, 2.75) is 51.3 Å². The molecule has 2 nitrogen and oxygen atoms in total. The minimum absolute atomic E-state index is 0.409. The zero-order valence-corrected chi connectivity index (χ0v) is 10.9. The smallest absolute Gasteiger partial charge is 0.0561 e. The summed E-state index contributed by atoms with van der Waals surface area (Å²) in [6, 6.07) is 5.51. The topological polar surface area (TPSA) is 21.3 Å². The second-order valence-corrected chi connectivity index (χ2v) is 5.52. The summed E-state index contributed by atoms with van der Waals surface area (Å²) in [6.07, 6.45) is 3.85. The summed E-state index contributed by atoms with van der Waals surface area (Å²) in [5.41, 5.74) is 0. The molecule has 3 unspecified atom stereocenters. The van der Waals surface area contributed by atoms with E-state index in [4.69, 9.17) is 4.74 Å². The Kier molecular flexibility index (Phi) is 4.38. The van der Waals surface area contributed by atoms with Crippen LogP contribution in [0.5, 0.6) is 0 Å². The van der Waals surface area contributed by atoms with Crippen LogP contribution in [0, 0.1) is 0 Å².